The van der Waals surface area contributed by atoms with Gasteiger partial charge in [-0.3, -0.25) is 0 Å². The third-order valence-electron chi connectivity index (χ3n) is 3.43. The van der Waals surface area contributed by atoms with E-state index in [0.29, 0.717) is 12.1 Å². The summed E-state index contributed by atoms with van der Waals surface area (Å²) in [6.07, 6.45) is 3.55. The first-order chi connectivity index (χ1) is 9.36. The molecule has 20 heavy (non-hydrogen) atoms. The van der Waals surface area contributed by atoms with Crippen molar-refractivity contribution in [2.24, 2.45) is 0 Å². The van der Waals surface area contributed by atoms with Crippen LogP contribution in [0.1, 0.15) is 19.3 Å². The number of rotatable bonds is 5. The van der Waals surface area contributed by atoms with Gasteiger partial charge in [0.1, 0.15) is 5.75 Å². The zero-order valence-electron chi connectivity index (χ0n) is 11.1. The van der Waals surface area contributed by atoms with E-state index in [1.807, 2.05) is 0 Å². The molecule has 2 atom stereocenters. The van der Waals surface area contributed by atoms with Crippen molar-refractivity contribution in [2.45, 2.75) is 37.2 Å². The van der Waals surface area contributed by atoms with Crippen molar-refractivity contribution in [2.75, 3.05) is 11.6 Å². The van der Waals surface area contributed by atoms with Crippen LogP contribution in [0.3, 0.4) is 0 Å². The van der Waals surface area contributed by atoms with Gasteiger partial charge in [0.05, 0.1) is 5.25 Å². The molecule has 0 aliphatic heterocycles. The van der Waals surface area contributed by atoms with E-state index in [0.717, 1.165) is 12.8 Å². The summed E-state index contributed by atoms with van der Waals surface area (Å²) in [7, 11) is -3.08. The summed E-state index contributed by atoms with van der Waals surface area (Å²) in [4.78, 5) is 0. The van der Waals surface area contributed by atoms with Crippen LogP contribution >= 0.6 is 0 Å². The lowest BCUT2D eigenvalue weighted by Gasteiger charge is -2.20. The number of sulfone groups is 1. The Kier molecular flexibility index (Phi) is 4.47. The zero-order valence-corrected chi connectivity index (χ0v) is 11.9. The van der Waals surface area contributed by atoms with Crippen molar-refractivity contribution >= 4 is 15.5 Å². The Labute approximate surface area is 117 Å². The molecule has 1 aromatic carbocycles. The Balaban J connectivity index is 2.03. The molecule has 4 nitrogen and oxygen atoms in total. The molecule has 0 radical (unpaired) electrons. The van der Waals surface area contributed by atoms with Gasteiger partial charge in [-0.05, 0) is 43.5 Å². The molecule has 7 heteroatoms. The Bertz CT molecular complexity index is 545. The highest BCUT2D eigenvalue weighted by Gasteiger charge is 2.34. The Hall–Kier alpha value is -1.37. The molecular weight excluding hydrogens is 288 g/mol. The van der Waals surface area contributed by atoms with E-state index in [-0.39, 0.29) is 17.0 Å². The second-order valence-corrected chi connectivity index (χ2v) is 7.22. The normalized spacial score (nSPS) is 23.0. The maximum atomic E-state index is 12.0. The maximum absolute atomic E-state index is 12.0. The van der Waals surface area contributed by atoms with Crippen molar-refractivity contribution in [3.05, 3.63) is 24.3 Å². The van der Waals surface area contributed by atoms with Gasteiger partial charge in [0.15, 0.2) is 9.84 Å². The van der Waals surface area contributed by atoms with Gasteiger partial charge in [-0.2, -0.15) is 8.78 Å². The number of nitrogens with one attached hydrogen (secondary N) is 1. The van der Waals surface area contributed by atoms with E-state index in [1.54, 1.807) is 12.1 Å². The topological polar surface area (TPSA) is 55.4 Å². The molecule has 112 valence electrons. The van der Waals surface area contributed by atoms with Gasteiger partial charge in [0.25, 0.3) is 0 Å². The van der Waals surface area contributed by atoms with Gasteiger partial charge in [-0.15, -0.1) is 0 Å². The van der Waals surface area contributed by atoms with Crippen LogP contribution in [0.2, 0.25) is 0 Å². The number of benzene rings is 1. The summed E-state index contributed by atoms with van der Waals surface area (Å²) >= 11 is 0. The zero-order chi connectivity index (χ0) is 14.8. The Morgan fingerprint density at radius 3 is 2.45 bits per heavy atom. The molecule has 2 rings (SSSR count). The highest BCUT2D eigenvalue weighted by atomic mass is 32.2. The fourth-order valence-corrected chi connectivity index (χ4v) is 3.95. The summed E-state index contributed by atoms with van der Waals surface area (Å²) < 4.78 is 51.6. The summed E-state index contributed by atoms with van der Waals surface area (Å²) in [6, 6.07) is 5.94. The second-order valence-electron chi connectivity index (χ2n) is 4.95. The lowest BCUT2D eigenvalue weighted by atomic mass is 10.2. The lowest BCUT2D eigenvalue weighted by molar-refractivity contribution is -0.0498. The third-order valence-corrected chi connectivity index (χ3v) is 5.10. The van der Waals surface area contributed by atoms with E-state index in [1.165, 1.54) is 18.4 Å². The molecule has 0 heterocycles. The van der Waals surface area contributed by atoms with Crippen LogP contribution in [0.5, 0.6) is 5.75 Å². The largest absolute Gasteiger partial charge is 0.435 e. The number of anilines is 1. The average molecular weight is 305 g/mol. The van der Waals surface area contributed by atoms with E-state index >= 15 is 0 Å². The van der Waals surface area contributed by atoms with Gasteiger partial charge < -0.3 is 10.1 Å². The minimum atomic E-state index is -3.08. The Morgan fingerprint density at radius 2 is 1.90 bits per heavy atom. The maximum Gasteiger partial charge on any atom is 0.387 e. The average Bonchev–Trinajstić information content (AvgIpc) is 2.79. The smallest absolute Gasteiger partial charge is 0.387 e. The second kappa shape index (κ2) is 5.95. The quantitative estimate of drug-likeness (QED) is 0.908. The van der Waals surface area contributed by atoms with Crippen LogP contribution in [0.25, 0.3) is 0 Å². The molecule has 1 saturated carbocycles. The fourth-order valence-electron chi connectivity index (χ4n) is 2.55. The number of alkyl halides is 2. The molecule has 0 bridgehead atoms. The third kappa shape index (κ3) is 3.82. The van der Waals surface area contributed by atoms with Gasteiger partial charge in [0.2, 0.25) is 0 Å². The number of hydrogen-bond donors (Lipinski definition) is 1. The predicted octanol–water partition coefficient (Wildman–Crippen LogP) is 2.67. The van der Waals surface area contributed by atoms with E-state index in [4.69, 9.17) is 0 Å². The molecule has 2 unspecified atom stereocenters. The minimum absolute atomic E-state index is 0.0802. The van der Waals surface area contributed by atoms with Crippen LogP contribution in [-0.4, -0.2) is 32.6 Å². The first-order valence-electron chi connectivity index (χ1n) is 6.36. The van der Waals surface area contributed by atoms with Crippen LogP contribution in [0.4, 0.5) is 14.5 Å². The van der Waals surface area contributed by atoms with Crippen molar-refractivity contribution in [3.63, 3.8) is 0 Å². The molecular formula is C13H17F2NO3S. The first-order valence-corrected chi connectivity index (χ1v) is 8.32. The van der Waals surface area contributed by atoms with Crippen molar-refractivity contribution < 1.29 is 21.9 Å². The minimum Gasteiger partial charge on any atom is -0.435 e. The van der Waals surface area contributed by atoms with Crippen molar-refractivity contribution in [3.8, 4) is 5.75 Å². The molecule has 1 aliphatic rings. The van der Waals surface area contributed by atoms with E-state index in [9.17, 15) is 17.2 Å². The molecule has 1 aromatic rings. The molecule has 0 aromatic heterocycles. The lowest BCUT2D eigenvalue weighted by Crippen LogP contribution is -2.34. The van der Waals surface area contributed by atoms with Gasteiger partial charge in [-0.25, -0.2) is 8.42 Å². The van der Waals surface area contributed by atoms with Crippen LogP contribution in [0.15, 0.2) is 24.3 Å². The highest BCUT2D eigenvalue weighted by Crippen LogP contribution is 2.28. The van der Waals surface area contributed by atoms with Crippen LogP contribution in [0, 0.1) is 0 Å². The van der Waals surface area contributed by atoms with Gasteiger partial charge >= 0.3 is 6.61 Å². The summed E-state index contributed by atoms with van der Waals surface area (Å²) in [5.74, 6) is 0.0802. The van der Waals surface area contributed by atoms with Crippen molar-refractivity contribution in [1.82, 2.24) is 0 Å². The summed E-state index contributed by atoms with van der Waals surface area (Å²) in [6.45, 7) is -2.85. The number of hydrogen-bond acceptors (Lipinski definition) is 4. The first kappa shape index (κ1) is 15.0. The SMILES string of the molecule is CS(=O)(=O)C1CCCC1Nc1ccc(OC(F)F)cc1. The van der Waals surface area contributed by atoms with E-state index in [2.05, 4.69) is 10.1 Å². The predicted molar refractivity (Wildman–Crippen MR) is 73.0 cm³/mol. The molecule has 1 fully saturated rings. The molecule has 0 amide bonds. The monoisotopic (exact) mass is 305 g/mol. The Morgan fingerprint density at radius 1 is 1.25 bits per heavy atom. The van der Waals surface area contributed by atoms with Crippen LogP contribution < -0.4 is 10.1 Å². The fraction of sp³-hybridized carbons (Fsp3) is 0.538. The number of halogens is 2. The number of ether oxygens (including phenoxy) is 1. The van der Waals surface area contributed by atoms with Gasteiger partial charge in [0, 0.05) is 18.0 Å². The van der Waals surface area contributed by atoms with Gasteiger partial charge in [-0.1, -0.05) is 0 Å². The summed E-state index contributed by atoms with van der Waals surface area (Å²) in [5, 5.41) is 2.77. The summed E-state index contributed by atoms with van der Waals surface area (Å²) in [5.41, 5.74) is 0.701. The standard InChI is InChI=1S/C13H17F2NO3S/c1-20(17,18)12-4-2-3-11(12)16-9-5-7-10(8-6-9)19-13(14)15/h5-8,11-13,16H,2-4H2,1H3. The van der Waals surface area contributed by atoms with E-state index < -0.39 is 16.4 Å². The highest BCUT2D eigenvalue weighted by molar-refractivity contribution is 7.91. The molecule has 0 spiro atoms. The van der Waals surface area contributed by atoms with Crippen molar-refractivity contribution in [1.29, 1.82) is 0 Å². The molecule has 0 saturated heterocycles. The van der Waals surface area contributed by atoms with Crippen LogP contribution in [-0.2, 0) is 9.84 Å². The molecule has 1 N–H and O–H groups in total. The molecule has 1 aliphatic carbocycles.